The molecule has 23 heavy (non-hydrogen) atoms. The molecular formula is C17H15BrClNO3. The number of carboxylic acid groups (broad SMARTS) is 1. The van der Waals surface area contributed by atoms with Crippen molar-refractivity contribution in [3.8, 4) is 0 Å². The van der Waals surface area contributed by atoms with Crippen molar-refractivity contribution in [2.24, 2.45) is 35.5 Å². The minimum Gasteiger partial charge on any atom is -0.481 e. The van der Waals surface area contributed by atoms with E-state index in [1.807, 2.05) is 6.08 Å². The van der Waals surface area contributed by atoms with Gasteiger partial charge in [-0.3, -0.25) is 9.59 Å². The van der Waals surface area contributed by atoms with Gasteiger partial charge < -0.3 is 10.4 Å². The van der Waals surface area contributed by atoms with Crippen LogP contribution in [0.15, 0.2) is 34.8 Å². The minimum atomic E-state index is -0.872. The first-order valence-electron chi connectivity index (χ1n) is 7.64. The Labute approximate surface area is 147 Å². The quantitative estimate of drug-likeness (QED) is 0.764. The molecule has 0 aromatic heterocycles. The predicted molar refractivity (Wildman–Crippen MR) is 90.1 cm³/mol. The van der Waals surface area contributed by atoms with E-state index in [0.29, 0.717) is 22.5 Å². The predicted octanol–water partition coefficient (Wildman–Crippen LogP) is 3.81. The van der Waals surface area contributed by atoms with Crippen LogP contribution in [0.2, 0.25) is 5.02 Å². The summed E-state index contributed by atoms with van der Waals surface area (Å²) in [6.45, 7) is 0. The molecule has 4 nitrogen and oxygen atoms in total. The molecule has 4 aliphatic carbocycles. The standard InChI is InChI=1S/C17H15BrClNO3/c18-12-4-1-7(5-13(12)19)20-16(21)14-8-2-3-9(11-6-10(8)11)15(14)17(22)23/h1-5,8-11,14-15H,6H2,(H,20,21)(H,22,23)/t8-,9+,10+,11+,14-,15-/m0/s1. The Morgan fingerprint density at radius 2 is 1.83 bits per heavy atom. The van der Waals surface area contributed by atoms with E-state index in [4.69, 9.17) is 11.6 Å². The van der Waals surface area contributed by atoms with Gasteiger partial charge in [-0.05, 0) is 64.2 Å². The van der Waals surface area contributed by atoms with Crippen molar-refractivity contribution < 1.29 is 14.7 Å². The summed E-state index contributed by atoms with van der Waals surface area (Å²) in [5, 5.41) is 13.0. The Hall–Kier alpha value is -1.33. The van der Waals surface area contributed by atoms with Crippen molar-refractivity contribution in [2.75, 3.05) is 5.32 Å². The Kier molecular flexibility index (Phi) is 3.54. The molecule has 0 saturated heterocycles. The summed E-state index contributed by atoms with van der Waals surface area (Å²) in [5.41, 5.74) is 0.588. The van der Waals surface area contributed by atoms with Crippen LogP contribution in [0.4, 0.5) is 5.69 Å². The molecule has 0 spiro atoms. The van der Waals surface area contributed by atoms with Gasteiger partial charge in [0, 0.05) is 10.2 Å². The molecule has 6 heteroatoms. The highest BCUT2D eigenvalue weighted by atomic mass is 79.9. The minimum absolute atomic E-state index is 0.00763. The van der Waals surface area contributed by atoms with Gasteiger partial charge in [-0.1, -0.05) is 23.8 Å². The van der Waals surface area contributed by atoms with E-state index in [0.717, 1.165) is 10.9 Å². The first-order valence-corrected chi connectivity index (χ1v) is 8.81. The van der Waals surface area contributed by atoms with Crippen LogP contribution in [-0.2, 0) is 9.59 Å². The Bertz CT molecular complexity index is 735. The fraction of sp³-hybridized carbons (Fsp3) is 0.412. The van der Waals surface area contributed by atoms with Crippen molar-refractivity contribution >= 4 is 45.1 Å². The maximum absolute atomic E-state index is 12.8. The second-order valence-corrected chi connectivity index (χ2v) is 7.87. The Morgan fingerprint density at radius 1 is 1.17 bits per heavy atom. The van der Waals surface area contributed by atoms with Crippen LogP contribution in [-0.4, -0.2) is 17.0 Å². The van der Waals surface area contributed by atoms with Crippen LogP contribution in [0.5, 0.6) is 0 Å². The lowest BCUT2D eigenvalue weighted by Gasteiger charge is -2.41. The molecule has 1 amide bonds. The number of aliphatic carboxylic acids is 1. The zero-order valence-corrected chi connectivity index (χ0v) is 14.4. The van der Waals surface area contributed by atoms with Crippen LogP contribution in [0.3, 0.4) is 0 Å². The van der Waals surface area contributed by atoms with E-state index in [1.165, 1.54) is 0 Å². The number of hydrogen-bond acceptors (Lipinski definition) is 2. The number of benzene rings is 1. The Morgan fingerprint density at radius 3 is 2.43 bits per heavy atom. The number of carbonyl (C=O) groups excluding carboxylic acids is 1. The third kappa shape index (κ3) is 2.41. The molecule has 2 saturated carbocycles. The van der Waals surface area contributed by atoms with Gasteiger partial charge in [0.1, 0.15) is 0 Å². The lowest BCUT2D eigenvalue weighted by molar-refractivity contribution is -0.152. The summed E-state index contributed by atoms with van der Waals surface area (Å²) in [4.78, 5) is 24.5. The molecule has 0 aliphatic heterocycles. The largest absolute Gasteiger partial charge is 0.481 e. The molecule has 5 rings (SSSR count). The number of carbonyl (C=O) groups is 2. The van der Waals surface area contributed by atoms with Gasteiger partial charge in [0.05, 0.1) is 16.9 Å². The molecule has 4 aliphatic rings. The number of hydrogen-bond donors (Lipinski definition) is 2. The molecule has 2 fully saturated rings. The molecule has 1 aromatic carbocycles. The smallest absolute Gasteiger partial charge is 0.307 e. The lowest BCUT2D eigenvalue weighted by atomic mass is 9.62. The topological polar surface area (TPSA) is 66.4 Å². The van der Waals surface area contributed by atoms with Crippen LogP contribution < -0.4 is 5.32 Å². The Balaban J connectivity index is 1.60. The van der Waals surface area contributed by atoms with E-state index in [-0.39, 0.29) is 17.7 Å². The van der Waals surface area contributed by atoms with E-state index in [9.17, 15) is 14.7 Å². The second-order valence-electron chi connectivity index (χ2n) is 6.61. The first-order chi connectivity index (χ1) is 11.0. The van der Waals surface area contributed by atoms with Gasteiger partial charge in [-0.15, -0.1) is 0 Å². The fourth-order valence-corrected chi connectivity index (χ4v) is 4.80. The van der Waals surface area contributed by atoms with Crippen LogP contribution >= 0.6 is 27.5 Å². The molecule has 2 N–H and O–H groups in total. The van der Waals surface area contributed by atoms with Crippen molar-refractivity contribution in [1.82, 2.24) is 0 Å². The molecule has 1 aromatic rings. The van der Waals surface area contributed by atoms with Crippen molar-refractivity contribution in [3.05, 3.63) is 39.8 Å². The van der Waals surface area contributed by atoms with Gasteiger partial charge in [-0.2, -0.15) is 0 Å². The summed E-state index contributed by atoms with van der Waals surface area (Å²) in [7, 11) is 0. The number of fused-ring (bicyclic) bond motifs is 1. The number of anilines is 1. The van der Waals surface area contributed by atoms with E-state index in [1.54, 1.807) is 18.2 Å². The summed E-state index contributed by atoms with van der Waals surface area (Å²) in [5.74, 6) is -1.26. The summed E-state index contributed by atoms with van der Waals surface area (Å²) in [6.07, 6.45) is 5.11. The molecular weight excluding hydrogens is 382 g/mol. The average molecular weight is 397 g/mol. The van der Waals surface area contributed by atoms with Gasteiger partial charge in [0.15, 0.2) is 0 Å². The SMILES string of the molecule is O=C(O)[C@H]1[C@@H]2C=C[C@@H]([C@H]3C[C@H]23)[C@@H]1C(=O)Nc1ccc(Br)c(Cl)c1. The summed E-state index contributed by atoms with van der Waals surface area (Å²) >= 11 is 9.36. The fourth-order valence-electron chi connectivity index (χ4n) is 4.37. The molecule has 0 unspecified atom stereocenters. The highest BCUT2D eigenvalue weighted by Gasteiger charge is 2.62. The zero-order valence-electron chi connectivity index (χ0n) is 12.1. The van der Waals surface area contributed by atoms with E-state index < -0.39 is 17.8 Å². The van der Waals surface area contributed by atoms with Crippen molar-refractivity contribution in [2.45, 2.75) is 6.42 Å². The number of rotatable bonds is 3. The third-order valence-electron chi connectivity index (χ3n) is 5.43. The monoisotopic (exact) mass is 395 g/mol. The van der Waals surface area contributed by atoms with Crippen LogP contribution in [0.25, 0.3) is 0 Å². The average Bonchev–Trinajstić information content (AvgIpc) is 3.32. The normalized spacial score (nSPS) is 36.4. The number of amides is 1. The van der Waals surface area contributed by atoms with Crippen LogP contribution in [0.1, 0.15) is 6.42 Å². The number of allylic oxidation sites excluding steroid dienone is 2. The molecule has 6 atom stereocenters. The summed E-state index contributed by atoms with van der Waals surface area (Å²) < 4.78 is 0.751. The summed E-state index contributed by atoms with van der Waals surface area (Å²) in [6, 6.07) is 5.17. The van der Waals surface area contributed by atoms with Crippen molar-refractivity contribution in [1.29, 1.82) is 0 Å². The van der Waals surface area contributed by atoms with Crippen molar-refractivity contribution in [3.63, 3.8) is 0 Å². The second kappa shape index (κ2) is 5.35. The van der Waals surface area contributed by atoms with E-state index >= 15 is 0 Å². The number of nitrogens with one attached hydrogen (secondary N) is 1. The van der Waals surface area contributed by atoms with Gasteiger partial charge in [-0.25, -0.2) is 0 Å². The molecule has 120 valence electrons. The van der Waals surface area contributed by atoms with Crippen LogP contribution in [0, 0.1) is 35.5 Å². The maximum Gasteiger partial charge on any atom is 0.307 e. The molecule has 0 radical (unpaired) electrons. The van der Waals surface area contributed by atoms with E-state index in [2.05, 4.69) is 27.3 Å². The molecule has 2 bridgehead atoms. The number of halogens is 2. The maximum atomic E-state index is 12.8. The first kappa shape index (κ1) is 15.2. The van der Waals surface area contributed by atoms with Gasteiger partial charge in [0.2, 0.25) is 5.91 Å². The third-order valence-corrected chi connectivity index (χ3v) is 6.66. The van der Waals surface area contributed by atoms with Gasteiger partial charge in [0.25, 0.3) is 0 Å². The number of carboxylic acids is 1. The van der Waals surface area contributed by atoms with Gasteiger partial charge >= 0.3 is 5.97 Å². The lowest BCUT2D eigenvalue weighted by Crippen LogP contribution is -2.48. The highest BCUT2D eigenvalue weighted by molar-refractivity contribution is 9.10. The zero-order chi connectivity index (χ0) is 16.3. The highest BCUT2D eigenvalue weighted by Crippen LogP contribution is 2.63. The molecule has 0 heterocycles.